The Hall–Kier alpha value is -3.91. The predicted octanol–water partition coefficient (Wildman–Crippen LogP) is 2.59. The van der Waals surface area contributed by atoms with Crippen LogP contribution in [0.15, 0.2) is 42.6 Å². The molecule has 1 N–H and O–H groups in total. The van der Waals surface area contributed by atoms with Gasteiger partial charge in [0, 0.05) is 11.8 Å². The Morgan fingerprint density at radius 2 is 1.80 bits per heavy atom. The van der Waals surface area contributed by atoms with E-state index in [1.54, 1.807) is 30.3 Å². The highest BCUT2D eigenvalue weighted by Crippen LogP contribution is 2.40. The third-order valence-corrected chi connectivity index (χ3v) is 4.29. The number of anilines is 1. The van der Waals surface area contributed by atoms with E-state index in [4.69, 9.17) is 19.5 Å². The van der Waals surface area contributed by atoms with Gasteiger partial charge in [-0.2, -0.15) is 10.2 Å². The molecule has 0 aliphatic carbocycles. The minimum atomic E-state index is -3.72. The van der Waals surface area contributed by atoms with Crippen molar-refractivity contribution in [3.05, 3.63) is 48.3 Å². The molecule has 11 heteroatoms. The topological polar surface area (TPSA) is 136 Å². The fraction of sp³-hybridized carbons (Fsp3) is 0.158. The number of sulfonamides is 1. The maximum Gasteiger partial charge on any atom is 0.263 e. The average molecular weight is 427 g/mol. The highest BCUT2D eigenvalue weighted by atomic mass is 32.2. The molecule has 0 spiro atoms. The number of pyridine rings is 1. The first-order chi connectivity index (χ1) is 14.3. The molecule has 2 heterocycles. The number of methoxy groups -OCH3 is 2. The molecule has 3 aromatic rings. The molecule has 0 saturated carbocycles. The first-order valence-corrected chi connectivity index (χ1v) is 10.3. The number of hydrogen-bond acceptors (Lipinski definition) is 9. The van der Waals surface area contributed by atoms with Crippen LogP contribution in [0.1, 0.15) is 5.69 Å². The Kier molecular flexibility index (Phi) is 5.98. The highest BCUT2D eigenvalue weighted by Gasteiger charge is 2.22. The minimum Gasteiger partial charge on any atom is -0.493 e. The van der Waals surface area contributed by atoms with Crippen LogP contribution in [0.3, 0.4) is 0 Å². The van der Waals surface area contributed by atoms with Crippen molar-refractivity contribution >= 4 is 15.8 Å². The summed E-state index contributed by atoms with van der Waals surface area (Å²) in [6.07, 6.45) is 2.40. The molecule has 1 aromatic carbocycles. The molecule has 0 amide bonds. The summed E-state index contributed by atoms with van der Waals surface area (Å²) < 4.78 is 42.6. The standard InChI is InChI=1S/C19H17N5O5S/c1-27-14-6-4-5-7-15(14)29-16-18(24-30(3,25)26)22-17(23-19(16)28-2)12-8-9-21-13(10-12)11-20/h4-10H,1-3H3,(H,22,23,24). The molecule has 3 rings (SSSR count). The van der Waals surface area contributed by atoms with Gasteiger partial charge in [-0.1, -0.05) is 12.1 Å². The molecule has 0 saturated heterocycles. The van der Waals surface area contributed by atoms with Crippen molar-refractivity contribution in [2.75, 3.05) is 25.2 Å². The summed E-state index contributed by atoms with van der Waals surface area (Å²) in [5, 5.41) is 9.07. The van der Waals surface area contributed by atoms with Crippen LogP contribution in [0.2, 0.25) is 0 Å². The van der Waals surface area contributed by atoms with E-state index in [-0.39, 0.29) is 29.0 Å². The molecule has 0 unspecified atom stereocenters. The van der Waals surface area contributed by atoms with Crippen LogP contribution >= 0.6 is 0 Å². The van der Waals surface area contributed by atoms with Crippen molar-refractivity contribution in [3.8, 4) is 40.6 Å². The third kappa shape index (κ3) is 4.73. The van der Waals surface area contributed by atoms with Crippen LogP contribution in [-0.2, 0) is 10.0 Å². The molecule has 0 aliphatic rings. The smallest absolute Gasteiger partial charge is 0.263 e. The minimum absolute atomic E-state index is 0.0209. The fourth-order valence-corrected chi connectivity index (χ4v) is 2.97. The molecule has 0 bridgehead atoms. The van der Waals surface area contributed by atoms with Gasteiger partial charge in [0.2, 0.25) is 15.8 Å². The molecule has 0 aliphatic heterocycles. The zero-order chi connectivity index (χ0) is 21.7. The van der Waals surface area contributed by atoms with Crippen molar-refractivity contribution in [2.24, 2.45) is 0 Å². The second-order valence-electron chi connectivity index (χ2n) is 5.90. The zero-order valence-electron chi connectivity index (χ0n) is 16.3. The molecule has 0 radical (unpaired) electrons. The average Bonchev–Trinajstić information content (AvgIpc) is 2.74. The maximum absolute atomic E-state index is 11.9. The number of aromatic nitrogens is 3. The molecular weight excluding hydrogens is 410 g/mol. The predicted molar refractivity (Wildman–Crippen MR) is 108 cm³/mol. The van der Waals surface area contributed by atoms with E-state index < -0.39 is 10.0 Å². The van der Waals surface area contributed by atoms with Gasteiger partial charge in [-0.15, -0.1) is 0 Å². The van der Waals surface area contributed by atoms with E-state index in [1.165, 1.54) is 26.5 Å². The van der Waals surface area contributed by atoms with Crippen molar-refractivity contribution in [1.29, 1.82) is 5.26 Å². The van der Waals surface area contributed by atoms with Crippen LogP contribution in [0, 0.1) is 11.3 Å². The number of benzene rings is 1. The fourth-order valence-electron chi connectivity index (χ4n) is 2.48. The number of ether oxygens (including phenoxy) is 3. The quantitative estimate of drug-likeness (QED) is 0.603. The molecular formula is C19H17N5O5S. The van der Waals surface area contributed by atoms with Gasteiger partial charge in [0.15, 0.2) is 23.1 Å². The van der Waals surface area contributed by atoms with Gasteiger partial charge in [0.25, 0.3) is 5.88 Å². The van der Waals surface area contributed by atoms with E-state index in [0.29, 0.717) is 17.1 Å². The van der Waals surface area contributed by atoms with Gasteiger partial charge < -0.3 is 14.2 Å². The third-order valence-electron chi connectivity index (χ3n) is 3.72. The largest absolute Gasteiger partial charge is 0.493 e. The number of nitrogens with zero attached hydrogens (tertiary/aromatic N) is 4. The summed E-state index contributed by atoms with van der Waals surface area (Å²) in [4.78, 5) is 12.5. The Labute approximate surface area is 173 Å². The monoisotopic (exact) mass is 427 g/mol. The van der Waals surface area contributed by atoms with Crippen LogP contribution in [0.25, 0.3) is 11.4 Å². The summed E-state index contributed by atoms with van der Waals surface area (Å²) in [5.74, 6) is 0.631. The van der Waals surface area contributed by atoms with Gasteiger partial charge in [0.05, 0.1) is 20.5 Å². The second kappa shape index (κ2) is 8.62. The lowest BCUT2D eigenvalue weighted by Crippen LogP contribution is -2.13. The van der Waals surface area contributed by atoms with Crippen LogP contribution < -0.4 is 18.9 Å². The van der Waals surface area contributed by atoms with Gasteiger partial charge in [0.1, 0.15) is 11.8 Å². The van der Waals surface area contributed by atoms with Crippen molar-refractivity contribution in [3.63, 3.8) is 0 Å². The van der Waals surface area contributed by atoms with Crippen LogP contribution in [-0.4, -0.2) is 43.8 Å². The second-order valence-corrected chi connectivity index (χ2v) is 7.65. The Morgan fingerprint density at radius 1 is 1.07 bits per heavy atom. The lowest BCUT2D eigenvalue weighted by Gasteiger charge is -2.16. The van der Waals surface area contributed by atoms with Crippen LogP contribution in [0.5, 0.6) is 23.1 Å². The van der Waals surface area contributed by atoms with Crippen LogP contribution in [0.4, 0.5) is 5.82 Å². The zero-order valence-corrected chi connectivity index (χ0v) is 17.1. The molecule has 154 valence electrons. The van der Waals surface area contributed by atoms with E-state index in [2.05, 4.69) is 19.7 Å². The van der Waals surface area contributed by atoms with E-state index in [1.807, 2.05) is 6.07 Å². The Morgan fingerprint density at radius 3 is 2.43 bits per heavy atom. The number of nitriles is 1. The van der Waals surface area contributed by atoms with Gasteiger partial charge in [-0.3, -0.25) is 4.72 Å². The first-order valence-electron chi connectivity index (χ1n) is 8.46. The first kappa shape index (κ1) is 20.8. The number of hydrogen-bond donors (Lipinski definition) is 1. The lowest BCUT2D eigenvalue weighted by molar-refractivity contribution is 0.348. The van der Waals surface area contributed by atoms with Crippen molar-refractivity contribution in [1.82, 2.24) is 15.0 Å². The SMILES string of the molecule is COc1ccccc1Oc1c(NS(C)(=O)=O)nc(-c2ccnc(C#N)c2)nc1OC. The van der Waals surface area contributed by atoms with Gasteiger partial charge in [-0.05, 0) is 24.3 Å². The van der Waals surface area contributed by atoms with Crippen molar-refractivity contribution in [2.45, 2.75) is 0 Å². The van der Waals surface area contributed by atoms with Gasteiger partial charge in [-0.25, -0.2) is 18.4 Å². The molecule has 2 aromatic heterocycles. The summed E-state index contributed by atoms with van der Waals surface area (Å²) in [6, 6.07) is 11.8. The summed E-state index contributed by atoms with van der Waals surface area (Å²) in [5.41, 5.74) is 0.599. The Balaban J connectivity index is 2.18. The van der Waals surface area contributed by atoms with Gasteiger partial charge >= 0.3 is 0 Å². The normalized spacial score (nSPS) is 10.7. The Bertz CT molecular complexity index is 1220. The van der Waals surface area contributed by atoms with E-state index >= 15 is 0 Å². The summed E-state index contributed by atoms with van der Waals surface area (Å²) >= 11 is 0. The summed E-state index contributed by atoms with van der Waals surface area (Å²) in [6.45, 7) is 0. The molecule has 10 nitrogen and oxygen atoms in total. The van der Waals surface area contributed by atoms with E-state index in [0.717, 1.165) is 6.26 Å². The molecule has 30 heavy (non-hydrogen) atoms. The maximum atomic E-state index is 11.9. The van der Waals surface area contributed by atoms with E-state index in [9.17, 15) is 8.42 Å². The highest BCUT2D eigenvalue weighted by molar-refractivity contribution is 7.92. The number of rotatable bonds is 7. The number of para-hydroxylation sites is 2. The molecule has 0 fully saturated rings. The molecule has 0 atom stereocenters. The number of nitrogens with one attached hydrogen (secondary N) is 1. The van der Waals surface area contributed by atoms with Crippen molar-refractivity contribution < 1.29 is 22.6 Å². The lowest BCUT2D eigenvalue weighted by atomic mass is 10.2. The summed E-state index contributed by atoms with van der Waals surface area (Å²) in [7, 11) is -0.879.